The predicted octanol–water partition coefficient (Wildman–Crippen LogP) is 1.98. The molecule has 118 valence electrons. The average Bonchev–Trinajstić information content (AvgIpc) is 2.99. The van der Waals surface area contributed by atoms with Gasteiger partial charge in [-0.3, -0.25) is 4.90 Å². The van der Waals surface area contributed by atoms with Crippen LogP contribution in [0.5, 0.6) is 0 Å². The molecule has 0 aromatic heterocycles. The first-order valence-electron chi connectivity index (χ1n) is 8.33. The van der Waals surface area contributed by atoms with Gasteiger partial charge in [-0.25, -0.2) is 0 Å². The van der Waals surface area contributed by atoms with Crippen molar-refractivity contribution in [2.24, 2.45) is 0 Å². The zero-order chi connectivity index (χ0) is 15.4. The number of likely N-dealkylation sites (tertiary alicyclic amines) is 2. The summed E-state index contributed by atoms with van der Waals surface area (Å²) in [7, 11) is 0. The number of benzene rings is 1. The van der Waals surface area contributed by atoms with Crippen molar-refractivity contribution in [1.82, 2.24) is 9.80 Å². The lowest BCUT2D eigenvalue weighted by atomic mass is 9.92. The molecule has 2 aliphatic rings. The van der Waals surface area contributed by atoms with E-state index in [4.69, 9.17) is 5.26 Å². The van der Waals surface area contributed by atoms with E-state index >= 15 is 0 Å². The largest absolute Gasteiger partial charge is 0.387 e. The highest BCUT2D eigenvalue weighted by Crippen LogP contribution is 2.25. The smallest absolute Gasteiger partial charge is 0.0991 e. The Balaban J connectivity index is 1.61. The van der Waals surface area contributed by atoms with Gasteiger partial charge >= 0.3 is 0 Å². The molecule has 2 saturated heterocycles. The summed E-state index contributed by atoms with van der Waals surface area (Å²) >= 11 is 0. The molecule has 1 aromatic rings. The maximum Gasteiger partial charge on any atom is 0.0991 e. The predicted molar refractivity (Wildman–Crippen MR) is 86.3 cm³/mol. The second-order valence-electron chi connectivity index (χ2n) is 6.83. The van der Waals surface area contributed by atoms with E-state index in [0.717, 1.165) is 57.7 Å². The molecule has 1 atom stereocenters. The molecular weight excluding hydrogens is 274 g/mol. The lowest BCUT2D eigenvalue weighted by Crippen LogP contribution is -2.53. The van der Waals surface area contributed by atoms with Gasteiger partial charge in [0.25, 0.3) is 0 Å². The van der Waals surface area contributed by atoms with E-state index in [1.165, 1.54) is 12.8 Å². The molecule has 1 N–H and O–H groups in total. The van der Waals surface area contributed by atoms with Crippen LogP contribution in [0.15, 0.2) is 24.3 Å². The summed E-state index contributed by atoms with van der Waals surface area (Å²) in [6.45, 7) is 5.65. The molecule has 3 rings (SSSR count). The summed E-state index contributed by atoms with van der Waals surface area (Å²) in [5.41, 5.74) is 1.29. The van der Waals surface area contributed by atoms with E-state index in [9.17, 15) is 5.11 Å². The molecular formula is C18H25N3O. The third-order valence-electron chi connectivity index (χ3n) is 4.81. The van der Waals surface area contributed by atoms with E-state index in [1.807, 2.05) is 18.2 Å². The van der Waals surface area contributed by atoms with Crippen LogP contribution in [0.2, 0.25) is 0 Å². The summed E-state index contributed by atoms with van der Waals surface area (Å²) in [5.74, 6) is 0. The van der Waals surface area contributed by atoms with Crippen LogP contribution >= 0.6 is 0 Å². The molecule has 1 unspecified atom stereocenters. The van der Waals surface area contributed by atoms with Crippen molar-refractivity contribution in [3.8, 4) is 6.07 Å². The molecule has 0 bridgehead atoms. The maximum absolute atomic E-state index is 10.9. The number of aliphatic hydroxyl groups is 1. The fourth-order valence-corrected chi connectivity index (χ4v) is 3.82. The average molecular weight is 299 g/mol. The number of β-amino-alcohol motifs (C(OH)–C–C–N with tert-alkyl or cyclic N) is 1. The van der Waals surface area contributed by atoms with Crippen LogP contribution in [0.25, 0.3) is 0 Å². The van der Waals surface area contributed by atoms with E-state index in [0.29, 0.717) is 5.56 Å². The number of piperidine rings is 1. The standard InChI is InChI=1S/C18H25N3O/c19-12-16-5-3-6-17(11-16)13-21-10-4-7-18(22,15-21)14-20-8-1-2-9-20/h3,5-6,11,22H,1-2,4,7-10,13-15H2. The normalized spacial score (nSPS) is 26.9. The van der Waals surface area contributed by atoms with Crippen LogP contribution < -0.4 is 0 Å². The van der Waals surface area contributed by atoms with Crippen molar-refractivity contribution in [2.75, 3.05) is 32.7 Å². The van der Waals surface area contributed by atoms with Crippen LogP contribution in [0, 0.1) is 11.3 Å². The summed E-state index contributed by atoms with van der Waals surface area (Å²) in [6.07, 6.45) is 4.47. The molecule has 2 fully saturated rings. The van der Waals surface area contributed by atoms with Crippen molar-refractivity contribution in [1.29, 1.82) is 5.26 Å². The molecule has 4 heteroatoms. The molecule has 2 aliphatic heterocycles. The Labute approximate surface area is 133 Å². The van der Waals surface area contributed by atoms with Gasteiger partial charge in [-0.15, -0.1) is 0 Å². The van der Waals surface area contributed by atoms with Crippen molar-refractivity contribution < 1.29 is 5.11 Å². The molecule has 4 nitrogen and oxygen atoms in total. The molecule has 0 amide bonds. The highest BCUT2D eigenvalue weighted by molar-refractivity contribution is 5.32. The summed E-state index contributed by atoms with van der Waals surface area (Å²) < 4.78 is 0. The maximum atomic E-state index is 10.9. The van der Waals surface area contributed by atoms with Crippen molar-refractivity contribution in [3.63, 3.8) is 0 Å². The van der Waals surface area contributed by atoms with Crippen molar-refractivity contribution in [2.45, 2.75) is 37.8 Å². The van der Waals surface area contributed by atoms with E-state index in [2.05, 4.69) is 21.9 Å². The van der Waals surface area contributed by atoms with Gasteiger partial charge in [0.2, 0.25) is 0 Å². The Morgan fingerprint density at radius 3 is 2.68 bits per heavy atom. The van der Waals surface area contributed by atoms with Crippen LogP contribution in [0.1, 0.15) is 36.8 Å². The van der Waals surface area contributed by atoms with Crippen LogP contribution in [-0.4, -0.2) is 53.2 Å². The summed E-state index contributed by atoms with van der Waals surface area (Å²) in [4.78, 5) is 4.73. The van der Waals surface area contributed by atoms with E-state index in [-0.39, 0.29) is 0 Å². The Bertz CT molecular complexity index is 548. The highest BCUT2D eigenvalue weighted by atomic mass is 16.3. The second kappa shape index (κ2) is 6.78. The van der Waals surface area contributed by atoms with Crippen LogP contribution in [-0.2, 0) is 6.54 Å². The third kappa shape index (κ3) is 3.86. The monoisotopic (exact) mass is 299 g/mol. The number of hydrogen-bond acceptors (Lipinski definition) is 4. The Kier molecular flexibility index (Phi) is 4.77. The topological polar surface area (TPSA) is 50.5 Å². The molecule has 0 aliphatic carbocycles. The fourth-order valence-electron chi connectivity index (χ4n) is 3.82. The minimum Gasteiger partial charge on any atom is -0.387 e. The zero-order valence-electron chi connectivity index (χ0n) is 13.2. The van der Waals surface area contributed by atoms with Gasteiger partial charge < -0.3 is 10.0 Å². The van der Waals surface area contributed by atoms with Gasteiger partial charge in [0.05, 0.1) is 17.2 Å². The molecule has 0 saturated carbocycles. The first kappa shape index (κ1) is 15.5. The van der Waals surface area contributed by atoms with Gasteiger partial charge in [-0.2, -0.15) is 5.26 Å². The Morgan fingerprint density at radius 2 is 1.91 bits per heavy atom. The Morgan fingerprint density at radius 1 is 1.14 bits per heavy atom. The lowest BCUT2D eigenvalue weighted by Gasteiger charge is -2.41. The van der Waals surface area contributed by atoms with Gasteiger partial charge in [0.1, 0.15) is 0 Å². The zero-order valence-corrected chi connectivity index (χ0v) is 13.2. The number of nitriles is 1. The molecule has 1 aromatic carbocycles. The minimum absolute atomic E-state index is 0.574. The van der Waals surface area contributed by atoms with E-state index < -0.39 is 5.60 Å². The molecule has 2 heterocycles. The lowest BCUT2D eigenvalue weighted by molar-refractivity contribution is -0.0519. The SMILES string of the molecule is N#Cc1cccc(CN2CCCC(O)(CN3CCCC3)C2)c1. The molecule has 0 radical (unpaired) electrons. The van der Waals surface area contributed by atoms with E-state index in [1.54, 1.807) is 0 Å². The number of nitrogens with zero attached hydrogens (tertiary/aromatic N) is 3. The number of hydrogen-bond donors (Lipinski definition) is 1. The van der Waals surface area contributed by atoms with Gasteiger partial charge in [0, 0.05) is 19.6 Å². The van der Waals surface area contributed by atoms with Gasteiger partial charge in [-0.05, 0) is 63.0 Å². The Hall–Kier alpha value is -1.41. The molecule has 22 heavy (non-hydrogen) atoms. The van der Waals surface area contributed by atoms with Crippen LogP contribution in [0.3, 0.4) is 0 Å². The number of rotatable bonds is 4. The first-order chi connectivity index (χ1) is 10.7. The first-order valence-corrected chi connectivity index (χ1v) is 8.33. The molecule has 0 spiro atoms. The summed E-state index contributed by atoms with van der Waals surface area (Å²) in [6, 6.07) is 9.99. The van der Waals surface area contributed by atoms with Crippen molar-refractivity contribution >= 4 is 0 Å². The quantitative estimate of drug-likeness (QED) is 0.923. The third-order valence-corrected chi connectivity index (χ3v) is 4.81. The second-order valence-corrected chi connectivity index (χ2v) is 6.83. The summed E-state index contributed by atoms with van der Waals surface area (Å²) in [5, 5.41) is 19.9. The fraction of sp³-hybridized carbons (Fsp3) is 0.611. The van der Waals surface area contributed by atoms with Crippen molar-refractivity contribution in [3.05, 3.63) is 35.4 Å². The minimum atomic E-state index is -0.574. The highest BCUT2D eigenvalue weighted by Gasteiger charge is 2.35. The van der Waals surface area contributed by atoms with Crippen LogP contribution in [0.4, 0.5) is 0 Å². The van der Waals surface area contributed by atoms with Gasteiger partial charge in [-0.1, -0.05) is 12.1 Å². The van der Waals surface area contributed by atoms with Gasteiger partial charge in [0.15, 0.2) is 0 Å².